The third kappa shape index (κ3) is 3.98. The molecule has 0 spiro atoms. The minimum Gasteiger partial charge on any atom is -0.467 e. The van der Waals surface area contributed by atoms with Crippen molar-refractivity contribution in [2.75, 3.05) is 6.54 Å². The fourth-order valence-corrected chi connectivity index (χ4v) is 3.18. The molecule has 1 amide bonds. The zero-order chi connectivity index (χ0) is 16.2. The van der Waals surface area contributed by atoms with E-state index >= 15 is 0 Å². The highest BCUT2D eigenvalue weighted by Crippen LogP contribution is 2.28. The molecule has 1 aromatic carbocycles. The Labute approximate surface area is 147 Å². The molecule has 1 aromatic heterocycles. The SMILES string of the molecule is Cl.NCc1cc(C(=O)N2CCCC2CC(O)c2ccccc2)co1. The van der Waals surface area contributed by atoms with Crippen molar-refractivity contribution in [1.29, 1.82) is 0 Å². The maximum absolute atomic E-state index is 12.6. The van der Waals surface area contributed by atoms with Crippen LogP contribution in [0, 0.1) is 0 Å². The number of carbonyl (C=O) groups excluding carboxylic acids is 1. The Morgan fingerprint density at radius 1 is 1.38 bits per heavy atom. The van der Waals surface area contributed by atoms with Gasteiger partial charge in [-0.05, 0) is 30.9 Å². The highest BCUT2D eigenvalue weighted by Gasteiger charge is 2.31. The van der Waals surface area contributed by atoms with Gasteiger partial charge in [0, 0.05) is 12.6 Å². The highest BCUT2D eigenvalue weighted by molar-refractivity contribution is 5.94. The standard InChI is InChI=1S/C18H22N2O3.ClH/c19-11-16-9-14(12-23-16)18(22)20-8-4-7-15(20)10-17(21)13-5-2-1-3-6-13;/h1-3,5-6,9,12,15,17,21H,4,7-8,10-11,19H2;1H. The summed E-state index contributed by atoms with van der Waals surface area (Å²) in [6.07, 6.45) is 3.33. The van der Waals surface area contributed by atoms with E-state index in [1.54, 1.807) is 6.07 Å². The second-order valence-electron chi connectivity index (χ2n) is 5.96. The molecule has 130 valence electrons. The summed E-state index contributed by atoms with van der Waals surface area (Å²) in [5, 5.41) is 10.4. The van der Waals surface area contributed by atoms with Crippen LogP contribution in [0.2, 0.25) is 0 Å². The Morgan fingerprint density at radius 2 is 2.12 bits per heavy atom. The number of carbonyl (C=O) groups is 1. The first kappa shape index (κ1) is 18.5. The summed E-state index contributed by atoms with van der Waals surface area (Å²) in [5.41, 5.74) is 6.95. The third-order valence-corrected chi connectivity index (χ3v) is 4.42. The van der Waals surface area contributed by atoms with Crippen molar-refractivity contribution < 1.29 is 14.3 Å². The van der Waals surface area contributed by atoms with Crippen LogP contribution in [0.5, 0.6) is 0 Å². The number of hydrogen-bond donors (Lipinski definition) is 2. The molecule has 24 heavy (non-hydrogen) atoms. The van der Waals surface area contributed by atoms with Crippen molar-refractivity contribution in [2.24, 2.45) is 5.73 Å². The predicted octanol–water partition coefficient (Wildman–Crippen LogP) is 2.89. The fourth-order valence-electron chi connectivity index (χ4n) is 3.18. The Hall–Kier alpha value is -1.82. The maximum Gasteiger partial charge on any atom is 0.257 e. The van der Waals surface area contributed by atoms with E-state index < -0.39 is 6.10 Å². The molecule has 3 N–H and O–H groups in total. The highest BCUT2D eigenvalue weighted by atomic mass is 35.5. The quantitative estimate of drug-likeness (QED) is 0.869. The molecule has 2 heterocycles. The van der Waals surface area contributed by atoms with Gasteiger partial charge in [0.25, 0.3) is 5.91 Å². The second kappa shape index (κ2) is 8.33. The van der Waals surface area contributed by atoms with Crippen LogP contribution in [0.15, 0.2) is 47.1 Å². The number of rotatable bonds is 5. The zero-order valence-corrected chi connectivity index (χ0v) is 14.2. The van der Waals surface area contributed by atoms with Crippen molar-refractivity contribution in [1.82, 2.24) is 4.90 Å². The summed E-state index contributed by atoms with van der Waals surface area (Å²) in [6, 6.07) is 11.3. The molecular formula is C18H23ClN2O3. The Bertz CT molecular complexity index is 659. The largest absolute Gasteiger partial charge is 0.467 e. The lowest BCUT2D eigenvalue weighted by Crippen LogP contribution is -2.36. The number of nitrogens with two attached hydrogens (primary N) is 1. The number of amides is 1. The van der Waals surface area contributed by atoms with Gasteiger partial charge >= 0.3 is 0 Å². The molecule has 1 aliphatic heterocycles. The molecule has 1 saturated heterocycles. The number of aliphatic hydroxyl groups is 1. The monoisotopic (exact) mass is 350 g/mol. The Morgan fingerprint density at radius 3 is 2.79 bits per heavy atom. The van der Waals surface area contributed by atoms with Crippen LogP contribution in [0.25, 0.3) is 0 Å². The molecule has 0 aliphatic carbocycles. The Balaban J connectivity index is 0.00000208. The van der Waals surface area contributed by atoms with Crippen LogP contribution in [0.3, 0.4) is 0 Å². The molecule has 2 unspecified atom stereocenters. The van der Waals surface area contributed by atoms with Gasteiger partial charge in [0.15, 0.2) is 0 Å². The van der Waals surface area contributed by atoms with Crippen molar-refractivity contribution in [3.63, 3.8) is 0 Å². The Kier molecular flexibility index (Phi) is 6.43. The molecule has 2 atom stereocenters. The van der Waals surface area contributed by atoms with Crippen molar-refractivity contribution >= 4 is 18.3 Å². The molecule has 1 aliphatic rings. The van der Waals surface area contributed by atoms with E-state index in [9.17, 15) is 9.90 Å². The van der Waals surface area contributed by atoms with Crippen LogP contribution in [0.4, 0.5) is 0 Å². The molecule has 5 nitrogen and oxygen atoms in total. The molecule has 0 radical (unpaired) electrons. The van der Waals surface area contributed by atoms with E-state index in [1.165, 1.54) is 6.26 Å². The van der Waals surface area contributed by atoms with Crippen molar-refractivity contribution in [2.45, 2.75) is 38.0 Å². The molecule has 6 heteroatoms. The van der Waals surface area contributed by atoms with Gasteiger partial charge in [0.1, 0.15) is 12.0 Å². The fraction of sp³-hybridized carbons (Fsp3) is 0.389. The minimum absolute atomic E-state index is 0. The summed E-state index contributed by atoms with van der Waals surface area (Å²) in [5.74, 6) is 0.560. The number of hydrogen-bond acceptors (Lipinski definition) is 4. The maximum atomic E-state index is 12.6. The number of furan rings is 1. The number of halogens is 1. The van der Waals surface area contributed by atoms with Crippen LogP contribution >= 0.6 is 12.4 Å². The average molecular weight is 351 g/mol. The molecule has 0 saturated carbocycles. The molecular weight excluding hydrogens is 328 g/mol. The normalized spacial score (nSPS) is 18.2. The van der Waals surface area contributed by atoms with E-state index in [-0.39, 0.29) is 30.9 Å². The average Bonchev–Trinajstić information content (AvgIpc) is 3.24. The van der Waals surface area contributed by atoms with Gasteiger partial charge in [-0.2, -0.15) is 0 Å². The zero-order valence-electron chi connectivity index (χ0n) is 13.4. The molecule has 3 rings (SSSR count). The summed E-state index contributed by atoms with van der Waals surface area (Å²) >= 11 is 0. The van der Waals surface area contributed by atoms with E-state index in [4.69, 9.17) is 10.2 Å². The van der Waals surface area contributed by atoms with Gasteiger partial charge in [-0.1, -0.05) is 30.3 Å². The van der Waals surface area contributed by atoms with Gasteiger partial charge in [0.2, 0.25) is 0 Å². The van der Waals surface area contributed by atoms with Crippen LogP contribution < -0.4 is 5.73 Å². The smallest absolute Gasteiger partial charge is 0.257 e. The van der Waals surface area contributed by atoms with E-state index in [1.807, 2.05) is 35.2 Å². The summed E-state index contributed by atoms with van der Waals surface area (Å²) < 4.78 is 5.26. The van der Waals surface area contributed by atoms with E-state index in [0.29, 0.717) is 24.3 Å². The van der Waals surface area contributed by atoms with Crippen LogP contribution in [-0.2, 0) is 6.54 Å². The number of benzene rings is 1. The van der Waals surface area contributed by atoms with Crippen LogP contribution in [0.1, 0.15) is 47.0 Å². The van der Waals surface area contributed by atoms with Gasteiger partial charge in [0.05, 0.1) is 18.2 Å². The lowest BCUT2D eigenvalue weighted by atomic mass is 10.0. The lowest BCUT2D eigenvalue weighted by Gasteiger charge is -2.26. The summed E-state index contributed by atoms with van der Waals surface area (Å²) in [7, 11) is 0. The summed E-state index contributed by atoms with van der Waals surface area (Å²) in [4.78, 5) is 14.5. The van der Waals surface area contributed by atoms with E-state index in [2.05, 4.69) is 0 Å². The second-order valence-corrected chi connectivity index (χ2v) is 5.96. The number of likely N-dealkylation sites (tertiary alicyclic amines) is 1. The van der Waals surface area contributed by atoms with Gasteiger partial charge in [-0.3, -0.25) is 4.79 Å². The third-order valence-electron chi connectivity index (χ3n) is 4.42. The van der Waals surface area contributed by atoms with Gasteiger partial charge in [-0.25, -0.2) is 0 Å². The number of nitrogens with zero attached hydrogens (tertiary/aromatic N) is 1. The number of aliphatic hydroxyl groups excluding tert-OH is 1. The first-order valence-electron chi connectivity index (χ1n) is 8.00. The minimum atomic E-state index is -0.557. The van der Waals surface area contributed by atoms with E-state index in [0.717, 1.165) is 18.4 Å². The molecule has 0 bridgehead atoms. The topological polar surface area (TPSA) is 79.7 Å². The first-order chi connectivity index (χ1) is 11.2. The predicted molar refractivity (Wildman–Crippen MR) is 93.9 cm³/mol. The molecule has 1 fully saturated rings. The van der Waals surface area contributed by atoms with Crippen molar-refractivity contribution in [3.05, 3.63) is 59.5 Å². The van der Waals surface area contributed by atoms with Crippen LogP contribution in [-0.4, -0.2) is 28.5 Å². The van der Waals surface area contributed by atoms with Gasteiger partial charge in [-0.15, -0.1) is 12.4 Å². The summed E-state index contributed by atoms with van der Waals surface area (Å²) in [6.45, 7) is 0.998. The lowest BCUT2D eigenvalue weighted by molar-refractivity contribution is 0.0666. The van der Waals surface area contributed by atoms with Crippen molar-refractivity contribution in [3.8, 4) is 0 Å². The first-order valence-corrected chi connectivity index (χ1v) is 8.00. The van der Waals surface area contributed by atoms with Gasteiger partial charge < -0.3 is 20.2 Å². The molecule has 2 aromatic rings.